The summed E-state index contributed by atoms with van der Waals surface area (Å²) < 4.78 is 3.21. The molecule has 0 unspecified atom stereocenters. The molecule has 0 spiro atoms. The highest BCUT2D eigenvalue weighted by molar-refractivity contribution is 9.11. The highest BCUT2D eigenvalue weighted by Crippen LogP contribution is 2.22. The van der Waals surface area contributed by atoms with Gasteiger partial charge in [0.1, 0.15) is 5.69 Å². The summed E-state index contributed by atoms with van der Waals surface area (Å²) in [6.07, 6.45) is 4.17. The van der Waals surface area contributed by atoms with Crippen molar-refractivity contribution in [3.05, 3.63) is 44.8 Å². The van der Waals surface area contributed by atoms with Crippen LogP contribution in [0.1, 0.15) is 34.9 Å². The van der Waals surface area contributed by atoms with Gasteiger partial charge in [-0.2, -0.15) is 0 Å². The molecule has 3 rings (SSSR count). The number of nitrogens with zero attached hydrogens (tertiary/aromatic N) is 1. The van der Waals surface area contributed by atoms with E-state index >= 15 is 0 Å². The number of carbonyl (C=O) groups is 1. The second-order valence-corrected chi connectivity index (χ2v) is 7.51. The summed E-state index contributed by atoms with van der Waals surface area (Å²) in [6.45, 7) is 2.61. The van der Waals surface area contributed by atoms with Gasteiger partial charge in [0.25, 0.3) is 5.91 Å². The molecule has 0 aliphatic carbocycles. The molecule has 6 heteroatoms. The Morgan fingerprint density at radius 2 is 2.29 bits per heavy atom. The van der Waals surface area contributed by atoms with E-state index in [4.69, 9.17) is 0 Å². The number of halogens is 1. The van der Waals surface area contributed by atoms with Crippen molar-refractivity contribution in [3.8, 4) is 0 Å². The van der Waals surface area contributed by atoms with Gasteiger partial charge in [-0.15, -0.1) is 11.3 Å². The van der Waals surface area contributed by atoms with Gasteiger partial charge in [-0.05, 0) is 71.0 Å². The molecule has 1 fully saturated rings. The quantitative estimate of drug-likeness (QED) is 0.871. The third kappa shape index (κ3) is 3.56. The molecule has 0 atom stereocenters. The van der Waals surface area contributed by atoms with Crippen LogP contribution in [0.4, 0.5) is 0 Å². The van der Waals surface area contributed by atoms with E-state index in [-0.39, 0.29) is 5.91 Å². The van der Waals surface area contributed by atoms with Crippen LogP contribution in [0.15, 0.2) is 33.6 Å². The summed E-state index contributed by atoms with van der Waals surface area (Å²) in [4.78, 5) is 12.4. The van der Waals surface area contributed by atoms with Crippen molar-refractivity contribution in [2.45, 2.75) is 25.4 Å². The highest BCUT2D eigenvalue weighted by atomic mass is 79.9. The van der Waals surface area contributed by atoms with E-state index in [9.17, 15) is 4.79 Å². The van der Waals surface area contributed by atoms with Crippen LogP contribution in [-0.4, -0.2) is 23.6 Å². The Bertz CT molecular complexity index is 616. The minimum absolute atomic E-state index is 0.000792. The zero-order valence-electron chi connectivity index (χ0n) is 11.6. The van der Waals surface area contributed by atoms with E-state index < -0.39 is 0 Å². The van der Waals surface area contributed by atoms with Crippen molar-refractivity contribution in [2.75, 3.05) is 13.1 Å². The number of piperidine rings is 1. The lowest BCUT2D eigenvalue weighted by Gasteiger charge is -2.25. The van der Waals surface area contributed by atoms with E-state index in [0.29, 0.717) is 12.6 Å². The van der Waals surface area contributed by atoms with E-state index in [1.54, 1.807) is 11.3 Å². The van der Waals surface area contributed by atoms with Crippen molar-refractivity contribution in [1.29, 1.82) is 0 Å². The molecule has 0 aromatic carbocycles. The molecule has 2 aromatic rings. The fraction of sp³-hybridized carbons (Fsp3) is 0.400. The van der Waals surface area contributed by atoms with Crippen LogP contribution >= 0.6 is 27.3 Å². The van der Waals surface area contributed by atoms with Crippen LogP contribution in [-0.2, 0) is 6.54 Å². The van der Waals surface area contributed by atoms with Crippen LogP contribution in [0, 0.1) is 0 Å². The predicted molar refractivity (Wildman–Crippen MR) is 88.8 cm³/mol. The number of carbonyl (C=O) groups excluding carboxylic acids is 1. The molecule has 21 heavy (non-hydrogen) atoms. The predicted octanol–water partition coefficient (Wildman–Crippen LogP) is 3.17. The van der Waals surface area contributed by atoms with Crippen LogP contribution in [0.25, 0.3) is 0 Å². The van der Waals surface area contributed by atoms with Crippen molar-refractivity contribution in [2.24, 2.45) is 0 Å². The molecule has 2 N–H and O–H groups in total. The summed E-state index contributed by atoms with van der Waals surface area (Å²) in [6, 6.07) is 6.33. The number of nitrogens with one attached hydrogen (secondary N) is 2. The molecule has 112 valence electrons. The van der Waals surface area contributed by atoms with Crippen molar-refractivity contribution in [3.63, 3.8) is 0 Å². The van der Waals surface area contributed by atoms with E-state index in [1.165, 1.54) is 0 Å². The number of amides is 1. The Morgan fingerprint density at radius 1 is 1.48 bits per heavy atom. The minimum atomic E-state index is 0.000792. The first kappa shape index (κ1) is 14.8. The molecule has 2 aromatic heterocycles. The molecule has 0 saturated carbocycles. The summed E-state index contributed by atoms with van der Waals surface area (Å²) in [7, 11) is 0. The van der Waals surface area contributed by atoms with E-state index in [0.717, 1.165) is 41.0 Å². The Morgan fingerprint density at radius 3 is 3.00 bits per heavy atom. The number of thiophene rings is 1. The first-order valence-corrected chi connectivity index (χ1v) is 8.80. The smallest absolute Gasteiger partial charge is 0.268 e. The van der Waals surface area contributed by atoms with E-state index in [1.807, 2.05) is 24.4 Å². The van der Waals surface area contributed by atoms with E-state index in [2.05, 4.69) is 36.5 Å². The Hall–Kier alpha value is -1.11. The molecule has 0 bridgehead atoms. The molecular formula is C15H18BrN3OS. The molecule has 4 nitrogen and oxygen atoms in total. The lowest BCUT2D eigenvalue weighted by Crippen LogP contribution is -2.32. The van der Waals surface area contributed by atoms with Gasteiger partial charge in [-0.3, -0.25) is 4.79 Å². The lowest BCUT2D eigenvalue weighted by atomic mass is 10.1. The van der Waals surface area contributed by atoms with Crippen molar-refractivity contribution >= 4 is 33.2 Å². The zero-order valence-corrected chi connectivity index (χ0v) is 14.0. The Balaban J connectivity index is 1.65. The van der Waals surface area contributed by atoms with Gasteiger partial charge in [0.2, 0.25) is 0 Å². The maximum atomic E-state index is 12.4. The van der Waals surface area contributed by atoms with Gasteiger partial charge in [0.15, 0.2) is 0 Å². The third-order valence-corrected chi connectivity index (χ3v) is 5.34. The van der Waals surface area contributed by atoms with Gasteiger partial charge >= 0.3 is 0 Å². The number of aromatic nitrogens is 1. The van der Waals surface area contributed by atoms with Crippen LogP contribution in [0.5, 0.6) is 0 Å². The third-order valence-electron chi connectivity index (χ3n) is 3.79. The Labute approximate surface area is 136 Å². The summed E-state index contributed by atoms with van der Waals surface area (Å²) in [5, 5.41) is 8.41. The standard InChI is InChI=1S/C15H18BrN3OS/c16-14-8-11(10-21-14)9-18-15(20)13-2-1-7-19(13)12-3-5-17-6-4-12/h1-2,7-8,10,12,17H,3-6,9H2,(H,18,20). The fourth-order valence-electron chi connectivity index (χ4n) is 2.70. The fourth-order valence-corrected chi connectivity index (χ4v) is 3.91. The second kappa shape index (κ2) is 6.77. The van der Waals surface area contributed by atoms with Gasteiger partial charge < -0.3 is 15.2 Å². The topological polar surface area (TPSA) is 46.1 Å². The number of hydrogen-bond acceptors (Lipinski definition) is 3. The molecule has 1 amide bonds. The molecular weight excluding hydrogens is 350 g/mol. The summed E-state index contributed by atoms with van der Waals surface area (Å²) in [5.74, 6) is 0.000792. The van der Waals surface area contributed by atoms with Gasteiger partial charge in [-0.1, -0.05) is 0 Å². The van der Waals surface area contributed by atoms with Gasteiger partial charge in [0, 0.05) is 18.8 Å². The first-order valence-electron chi connectivity index (χ1n) is 7.13. The average Bonchev–Trinajstić information content (AvgIpc) is 3.14. The molecule has 1 saturated heterocycles. The summed E-state index contributed by atoms with van der Waals surface area (Å²) in [5.41, 5.74) is 1.89. The van der Waals surface area contributed by atoms with Gasteiger partial charge in [0.05, 0.1) is 3.79 Å². The molecule has 1 aliphatic rings. The maximum absolute atomic E-state index is 12.4. The average molecular weight is 368 g/mol. The zero-order chi connectivity index (χ0) is 14.7. The first-order chi connectivity index (χ1) is 10.2. The molecule has 0 radical (unpaired) electrons. The maximum Gasteiger partial charge on any atom is 0.268 e. The summed E-state index contributed by atoms with van der Waals surface area (Å²) >= 11 is 5.07. The van der Waals surface area contributed by atoms with Crippen molar-refractivity contribution in [1.82, 2.24) is 15.2 Å². The highest BCUT2D eigenvalue weighted by Gasteiger charge is 2.19. The van der Waals surface area contributed by atoms with Gasteiger partial charge in [-0.25, -0.2) is 0 Å². The van der Waals surface area contributed by atoms with Crippen LogP contribution in [0.2, 0.25) is 0 Å². The second-order valence-electron chi connectivity index (χ2n) is 5.22. The normalized spacial score (nSPS) is 16.0. The monoisotopic (exact) mass is 367 g/mol. The van der Waals surface area contributed by atoms with Crippen molar-refractivity contribution < 1.29 is 4.79 Å². The Kier molecular flexibility index (Phi) is 4.77. The largest absolute Gasteiger partial charge is 0.347 e. The minimum Gasteiger partial charge on any atom is -0.347 e. The number of rotatable bonds is 4. The SMILES string of the molecule is O=C(NCc1csc(Br)c1)c1cccn1C1CCNCC1. The number of hydrogen-bond donors (Lipinski definition) is 2. The molecule has 1 aliphatic heterocycles. The van der Waals surface area contributed by atoms with Crippen LogP contribution in [0.3, 0.4) is 0 Å². The molecule has 3 heterocycles. The lowest BCUT2D eigenvalue weighted by molar-refractivity contribution is 0.0938. The van der Waals surface area contributed by atoms with Crippen LogP contribution < -0.4 is 10.6 Å².